The quantitative estimate of drug-likeness (QED) is 0.609. The third-order valence-corrected chi connectivity index (χ3v) is 4.06. The molecule has 2 rings (SSSR count). The minimum absolute atomic E-state index is 0.616. The number of nitrogens with one attached hydrogen (secondary N) is 2. The predicted molar refractivity (Wildman–Crippen MR) is 93.1 cm³/mol. The average molecular weight is 317 g/mol. The van der Waals surface area contributed by atoms with Gasteiger partial charge in [0.15, 0.2) is 5.96 Å². The Morgan fingerprint density at radius 2 is 1.95 bits per heavy atom. The van der Waals surface area contributed by atoms with Crippen LogP contribution in [0.2, 0.25) is 0 Å². The number of hydrogen-bond donors (Lipinski definition) is 2. The molecule has 2 N–H and O–H groups in total. The summed E-state index contributed by atoms with van der Waals surface area (Å²) in [5.74, 6) is 0.836. The summed E-state index contributed by atoms with van der Waals surface area (Å²) in [6.07, 6.45) is 0. The zero-order valence-corrected chi connectivity index (χ0v) is 14.0. The van der Waals surface area contributed by atoms with Crippen LogP contribution in [0.5, 0.6) is 0 Å². The van der Waals surface area contributed by atoms with E-state index in [1.54, 1.807) is 18.4 Å². The smallest absolute Gasteiger partial charge is 0.191 e. The predicted octanol–water partition coefficient (Wildman–Crippen LogP) is 3.15. The summed E-state index contributed by atoms with van der Waals surface area (Å²) in [5, 5.41) is 8.73. The molecule has 1 heterocycles. The first-order chi connectivity index (χ1) is 10.8. The van der Waals surface area contributed by atoms with E-state index in [0.717, 1.165) is 19.0 Å². The molecule has 0 saturated carbocycles. The van der Waals surface area contributed by atoms with Crippen LogP contribution in [0.15, 0.2) is 46.8 Å². The number of rotatable bonds is 7. The summed E-state index contributed by atoms with van der Waals surface area (Å²) in [4.78, 5) is 5.97. The third-order valence-electron chi connectivity index (χ3n) is 3.18. The van der Waals surface area contributed by atoms with Crippen molar-refractivity contribution in [1.29, 1.82) is 0 Å². The van der Waals surface area contributed by atoms with E-state index >= 15 is 0 Å². The fourth-order valence-corrected chi connectivity index (χ4v) is 2.74. The number of thiophene rings is 1. The maximum absolute atomic E-state index is 5.24. The van der Waals surface area contributed by atoms with Gasteiger partial charge >= 0.3 is 0 Å². The van der Waals surface area contributed by atoms with E-state index in [1.165, 1.54) is 16.0 Å². The van der Waals surface area contributed by atoms with E-state index in [1.807, 2.05) is 12.1 Å². The molecule has 0 aliphatic rings. The zero-order chi connectivity index (χ0) is 15.6. The molecule has 1 aromatic heterocycles. The van der Waals surface area contributed by atoms with Crippen LogP contribution < -0.4 is 10.6 Å². The molecule has 0 saturated heterocycles. The molecule has 0 aliphatic heterocycles. The summed E-state index contributed by atoms with van der Waals surface area (Å²) >= 11 is 1.74. The second-order valence-corrected chi connectivity index (χ2v) is 5.86. The van der Waals surface area contributed by atoms with Crippen molar-refractivity contribution in [3.05, 3.63) is 57.8 Å². The van der Waals surface area contributed by atoms with Gasteiger partial charge in [-0.15, -0.1) is 11.3 Å². The average Bonchev–Trinajstić information content (AvgIpc) is 3.05. The van der Waals surface area contributed by atoms with Crippen molar-refractivity contribution in [3.8, 4) is 0 Å². The van der Waals surface area contributed by atoms with Gasteiger partial charge in [0.1, 0.15) is 0 Å². The molecule has 2 aromatic rings. The van der Waals surface area contributed by atoms with Gasteiger partial charge in [-0.3, -0.25) is 0 Å². The van der Waals surface area contributed by atoms with Gasteiger partial charge in [0, 0.05) is 18.5 Å². The Balaban J connectivity index is 2.00. The van der Waals surface area contributed by atoms with Gasteiger partial charge in [0.05, 0.1) is 19.7 Å². The van der Waals surface area contributed by atoms with Gasteiger partial charge in [-0.2, -0.15) is 0 Å². The molecule has 0 bridgehead atoms. The molecule has 0 spiro atoms. The van der Waals surface area contributed by atoms with E-state index in [2.05, 4.69) is 52.2 Å². The minimum Gasteiger partial charge on any atom is -0.380 e. The molecule has 0 radical (unpaired) electrons. The van der Waals surface area contributed by atoms with E-state index in [4.69, 9.17) is 4.74 Å². The van der Waals surface area contributed by atoms with Crippen molar-refractivity contribution in [2.75, 3.05) is 13.7 Å². The second kappa shape index (κ2) is 9.23. The van der Waals surface area contributed by atoms with Crippen LogP contribution in [0.3, 0.4) is 0 Å². The Morgan fingerprint density at radius 3 is 2.64 bits per heavy atom. The van der Waals surface area contributed by atoms with Crippen LogP contribution in [0, 0.1) is 0 Å². The highest BCUT2D eigenvalue weighted by atomic mass is 32.1. The zero-order valence-electron chi connectivity index (χ0n) is 13.1. The van der Waals surface area contributed by atoms with E-state index < -0.39 is 0 Å². The first-order valence-corrected chi connectivity index (χ1v) is 8.31. The maximum Gasteiger partial charge on any atom is 0.191 e. The SMILES string of the molecule is CCNC(=NCc1ccccc1COC)NCc1cccs1. The first-order valence-electron chi connectivity index (χ1n) is 7.43. The highest BCUT2D eigenvalue weighted by molar-refractivity contribution is 7.09. The fourth-order valence-electron chi connectivity index (χ4n) is 2.10. The minimum atomic E-state index is 0.616. The summed E-state index contributed by atoms with van der Waals surface area (Å²) in [7, 11) is 1.71. The number of ether oxygens (including phenoxy) is 1. The first kappa shape index (κ1) is 16.5. The summed E-state index contributed by atoms with van der Waals surface area (Å²) in [5.41, 5.74) is 2.38. The highest BCUT2D eigenvalue weighted by Crippen LogP contribution is 2.11. The van der Waals surface area contributed by atoms with Crippen LogP contribution in [0.1, 0.15) is 22.9 Å². The van der Waals surface area contributed by atoms with Gasteiger partial charge < -0.3 is 15.4 Å². The number of nitrogens with zero attached hydrogens (tertiary/aromatic N) is 1. The summed E-state index contributed by atoms with van der Waals surface area (Å²) in [6, 6.07) is 12.4. The van der Waals surface area contributed by atoms with Crippen molar-refractivity contribution in [3.63, 3.8) is 0 Å². The van der Waals surface area contributed by atoms with Gasteiger partial charge in [-0.05, 0) is 29.5 Å². The van der Waals surface area contributed by atoms with E-state index in [9.17, 15) is 0 Å². The van der Waals surface area contributed by atoms with Crippen molar-refractivity contribution >= 4 is 17.3 Å². The van der Waals surface area contributed by atoms with E-state index in [-0.39, 0.29) is 0 Å². The lowest BCUT2D eigenvalue weighted by Gasteiger charge is -2.11. The fraction of sp³-hybridized carbons (Fsp3) is 0.353. The molecule has 1 aromatic carbocycles. The molecule has 0 atom stereocenters. The Hall–Kier alpha value is -1.85. The molecule has 0 amide bonds. The third kappa shape index (κ3) is 5.16. The van der Waals surface area contributed by atoms with Gasteiger partial charge in [0.25, 0.3) is 0 Å². The molecule has 0 unspecified atom stereocenters. The van der Waals surface area contributed by atoms with Crippen LogP contribution in [-0.4, -0.2) is 19.6 Å². The van der Waals surface area contributed by atoms with Gasteiger partial charge in [-0.1, -0.05) is 30.3 Å². The highest BCUT2D eigenvalue weighted by Gasteiger charge is 2.02. The molecule has 0 fully saturated rings. The number of benzene rings is 1. The van der Waals surface area contributed by atoms with Crippen molar-refractivity contribution in [2.45, 2.75) is 26.6 Å². The summed E-state index contributed by atoms with van der Waals surface area (Å²) in [6.45, 7) is 4.96. The van der Waals surface area contributed by atoms with Crippen LogP contribution in [0.25, 0.3) is 0 Å². The van der Waals surface area contributed by atoms with Crippen molar-refractivity contribution in [1.82, 2.24) is 10.6 Å². The van der Waals surface area contributed by atoms with Crippen LogP contribution in [-0.2, 0) is 24.4 Å². The molecular weight excluding hydrogens is 294 g/mol. The van der Waals surface area contributed by atoms with E-state index in [0.29, 0.717) is 13.2 Å². The Bertz CT molecular complexity index is 581. The normalized spacial score (nSPS) is 11.5. The molecule has 22 heavy (non-hydrogen) atoms. The largest absolute Gasteiger partial charge is 0.380 e. The molecular formula is C17H23N3OS. The number of guanidine groups is 1. The van der Waals surface area contributed by atoms with Gasteiger partial charge in [0.2, 0.25) is 0 Å². The Labute approximate surface area is 136 Å². The standard InChI is InChI=1S/C17H23N3OS/c1-3-18-17(20-12-16-9-6-10-22-16)19-11-14-7-4-5-8-15(14)13-21-2/h4-10H,3,11-13H2,1-2H3,(H2,18,19,20). The second-order valence-electron chi connectivity index (χ2n) is 4.83. The van der Waals surface area contributed by atoms with Crippen molar-refractivity contribution < 1.29 is 4.74 Å². The number of methoxy groups -OCH3 is 1. The summed E-state index contributed by atoms with van der Waals surface area (Å²) < 4.78 is 5.24. The Morgan fingerprint density at radius 1 is 1.14 bits per heavy atom. The molecule has 4 nitrogen and oxygen atoms in total. The number of aliphatic imine (C=N–C) groups is 1. The Kier molecular flexibility index (Phi) is 6.93. The van der Waals surface area contributed by atoms with Crippen LogP contribution >= 0.6 is 11.3 Å². The lowest BCUT2D eigenvalue weighted by atomic mass is 10.1. The number of hydrogen-bond acceptors (Lipinski definition) is 3. The monoisotopic (exact) mass is 317 g/mol. The molecule has 5 heteroatoms. The van der Waals surface area contributed by atoms with Gasteiger partial charge in [-0.25, -0.2) is 4.99 Å². The lowest BCUT2D eigenvalue weighted by molar-refractivity contribution is 0.184. The van der Waals surface area contributed by atoms with Crippen molar-refractivity contribution in [2.24, 2.45) is 4.99 Å². The molecule has 118 valence electrons. The lowest BCUT2D eigenvalue weighted by Crippen LogP contribution is -2.36. The molecule has 0 aliphatic carbocycles. The maximum atomic E-state index is 5.24. The topological polar surface area (TPSA) is 45.7 Å². The van der Waals surface area contributed by atoms with Crippen LogP contribution in [0.4, 0.5) is 0 Å².